The second-order valence-corrected chi connectivity index (χ2v) is 7.53. The summed E-state index contributed by atoms with van der Waals surface area (Å²) in [4.78, 5) is 28.0. The summed E-state index contributed by atoms with van der Waals surface area (Å²) in [5, 5.41) is 14.0. The number of non-ortho nitro benzene ring substituents is 1. The molecule has 0 atom stereocenters. The Morgan fingerprint density at radius 2 is 1.71 bits per heavy atom. The van der Waals surface area contributed by atoms with Crippen LogP contribution in [0.5, 0.6) is 6.01 Å². The third kappa shape index (κ3) is 8.31. The molecule has 3 N–H and O–H groups in total. The van der Waals surface area contributed by atoms with Crippen LogP contribution in [0.25, 0.3) is 0 Å². The van der Waals surface area contributed by atoms with Gasteiger partial charge in [0.1, 0.15) is 6.61 Å². The van der Waals surface area contributed by atoms with Gasteiger partial charge in [0.15, 0.2) is 0 Å². The van der Waals surface area contributed by atoms with Crippen LogP contribution in [0.2, 0.25) is 0 Å². The van der Waals surface area contributed by atoms with Crippen LogP contribution in [0.1, 0.15) is 0 Å². The molecule has 0 spiro atoms. The number of hydrogen-bond donors (Lipinski definition) is 2. The number of nitro benzene ring substituents is 1. The van der Waals surface area contributed by atoms with Gasteiger partial charge in [-0.25, -0.2) is 0 Å². The van der Waals surface area contributed by atoms with Crippen molar-refractivity contribution in [1.29, 1.82) is 0 Å². The molecule has 1 aromatic carbocycles. The molecule has 1 fully saturated rings. The summed E-state index contributed by atoms with van der Waals surface area (Å²) in [7, 11) is 0. The fourth-order valence-electron chi connectivity index (χ4n) is 3.35. The monoisotopic (exact) mass is 488 g/mol. The zero-order valence-corrected chi connectivity index (χ0v) is 19.7. The average molecular weight is 489 g/mol. The van der Waals surface area contributed by atoms with E-state index >= 15 is 0 Å². The second-order valence-electron chi connectivity index (χ2n) is 7.53. The molecule has 0 bridgehead atoms. The number of anilines is 3. The lowest BCUT2D eigenvalue weighted by Crippen LogP contribution is -2.47. The Balaban J connectivity index is 1.55. The number of nitrogens with one attached hydrogen (secondary N) is 1. The molecule has 13 heteroatoms. The minimum Gasteiger partial charge on any atom is -0.459 e. The van der Waals surface area contributed by atoms with E-state index in [0.717, 1.165) is 18.8 Å². The number of rotatable bonds is 15. The number of benzene rings is 1. The highest BCUT2D eigenvalue weighted by molar-refractivity contribution is 5.52. The van der Waals surface area contributed by atoms with Crippen molar-refractivity contribution < 1.29 is 19.1 Å². The molecule has 0 radical (unpaired) electrons. The molecule has 3 rings (SSSR count). The molecule has 13 nitrogen and oxygen atoms in total. The first-order chi connectivity index (χ1) is 17.1. The van der Waals surface area contributed by atoms with E-state index in [1.165, 1.54) is 12.1 Å². The second kappa shape index (κ2) is 14.0. The Morgan fingerprint density at radius 1 is 1.03 bits per heavy atom. The lowest BCUT2D eigenvalue weighted by molar-refractivity contribution is -0.384. The maximum Gasteiger partial charge on any atom is 0.323 e. The number of nitrogens with two attached hydrogens (primary N) is 1. The molecular formula is C22H32N8O5. The zero-order valence-electron chi connectivity index (χ0n) is 19.7. The van der Waals surface area contributed by atoms with Gasteiger partial charge < -0.3 is 35.1 Å². The Hall–Kier alpha value is -3.55. The summed E-state index contributed by atoms with van der Waals surface area (Å²) in [6, 6.07) is 6.79. The number of aromatic nitrogens is 3. The zero-order chi connectivity index (χ0) is 24.9. The summed E-state index contributed by atoms with van der Waals surface area (Å²) in [5.41, 5.74) is 6.39. The molecule has 0 unspecified atom stereocenters. The minimum atomic E-state index is -0.399. The van der Waals surface area contributed by atoms with Crippen molar-refractivity contribution in [3.63, 3.8) is 0 Å². The van der Waals surface area contributed by atoms with Crippen molar-refractivity contribution >= 4 is 23.3 Å². The van der Waals surface area contributed by atoms with Gasteiger partial charge >= 0.3 is 6.01 Å². The number of nitrogens with zero attached hydrogens (tertiary/aromatic N) is 6. The highest BCUT2D eigenvalue weighted by Gasteiger charge is 2.21. The van der Waals surface area contributed by atoms with Gasteiger partial charge in [0.25, 0.3) is 5.69 Å². The molecule has 1 aliphatic heterocycles. The van der Waals surface area contributed by atoms with E-state index in [2.05, 4.69) is 36.6 Å². The van der Waals surface area contributed by atoms with Crippen LogP contribution < -0.4 is 25.6 Å². The normalized spacial score (nSPS) is 13.5. The van der Waals surface area contributed by atoms with Gasteiger partial charge in [-0.3, -0.25) is 10.1 Å². The van der Waals surface area contributed by atoms with E-state index in [4.69, 9.17) is 19.9 Å². The standard InChI is InChI=1S/C22H32N8O5/c1-2-13-35-22-26-20(24-8-15-34-17-16-33-14-7-23)25-21(27-22)29-11-9-28(10-12-29)18-3-5-19(6-4-18)30(31)32/h2-6H,1,7-17,23H2,(H,24,25,26,27). The van der Waals surface area contributed by atoms with E-state index in [1.54, 1.807) is 18.2 Å². The smallest absolute Gasteiger partial charge is 0.323 e. The van der Waals surface area contributed by atoms with Crippen LogP contribution in [0.4, 0.5) is 23.3 Å². The molecule has 1 aliphatic rings. The molecule has 1 aromatic heterocycles. The van der Waals surface area contributed by atoms with Crippen LogP contribution in [-0.2, 0) is 9.47 Å². The van der Waals surface area contributed by atoms with Crippen LogP contribution in [-0.4, -0.2) is 92.2 Å². The first-order valence-corrected chi connectivity index (χ1v) is 11.4. The van der Waals surface area contributed by atoms with Crippen molar-refractivity contribution in [2.45, 2.75) is 0 Å². The fraction of sp³-hybridized carbons (Fsp3) is 0.500. The lowest BCUT2D eigenvalue weighted by Gasteiger charge is -2.36. The minimum absolute atomic E-state index is 0.0787. The number of hydrogen-bond acceptors (Lipinski definition) is 12. The molecule has 2 aromatic rings. The van der Waals surface area contributed by atoms with Gasteiger partial charge in [-0.2, -0.15) is 15.0 Å². The maximum atomic E-state index is 10.9. The highest BCUT2D eigenvalue weighted by atomic mass is 16.6. The largest absolute Gasteiger partial charge is 0.459 e. The molecule has 190 valence electrons. The van der Waals surface area contributed by atoms with Gasteiger partial charge in [-0.1, -0.05) is 12.7 Å². The van der Waals surface area contributed by atoms with Crippen LogP contribution in [0.3, 0.4) is 0 Å². The van der Waals surface area contributed by atoms with Crippen LogP contribution in [0.15, 0.2) is 36.9 Å². The third-order valence-electron chi connectivity index (χ3n) is 5.09. The van der Waals surface area contributed by atoms with Gasteiger partial charge in [0.2, 0.25) is 11.9 Å². The molecule has 2 heterocycles. The third-order valence-corrected chi connectivity index (χ3v) is 5.09. The van der Waals surface area contributed by atoms with Gasteiger partial charge in [-0.15, -0.1) is 0 Å². The van der Waals surface area contributed by atoms with Gasteiger partial charge in [0, 0.05) is 57.1 Å². The lowest BCUT2D eigenvalue weighted by atomic mass is 10.2. The van der Waals surface area contributed by atoms with Gasteiger partial charge in [-0.05, 0) is 12.1 Å². The predicted octanol–water partition coefficient (Wildman–Crippen LogP) is 1.08. The fourth-order valence-corrected chi connectivity index (χ4v) is 3.35. The molecule has 35 heavy (non-hydrogen) atoms. The van der Waals surface area contributed by atoms with Crippen molar-refractivity contribution in [3.8, 4) is 6.01 Å². The topological polar surface area (TPSA) is 154 Å². The van der Waals surface area contributed by atoms with E-state index in [1.807, 2.05) is 0 Å². The van der Waals surface area contributed by atoms with Crippen LogP contribution >= 0.6 is 0 Å². The van der Waals surface area contributed by atoms with E-state index in [9.17, 15) is 10.1 Å². The summed E-state index contributed by atoms with van der Waals surface area (Å²) in [5.74, 6) is 0.913. The van der Waals surface area contributed by atoms with Crippen molar-refractivity contribution in [2.75, 3.05) is 87.4 Å². The van der Waals surface area contributed by atoms with E-state index < -0.39 is 4.92 Å². The molecular weight excluding hydrogens is 456 g/mol. The van der Waals surface area contributed by atoms with Crippen molar-refractivity contribution in [1.82, 2.24) is 15.0 Å². The molecule has 0 aliphatic carbocycles. The Morgan fingerprint density at radius 3 is 2.37 bits per heavy atom. The summed E-state index contributed by atoms with van der Waals surface area (Å²) in [6.45, 7) is 9.69. The molecule has 1 saturated heterocycles. The summed E-state index contributed by atoms with van der Waals surface area (Å²) in [6.07, 6.45) is 1.63. The van der Waals surface area contributed by atoms with Crippen molar-refractivity contribution in [3.05, 3.63) is 47.0 Å². The summed E-state index contributed by atoms with van der Waals surface area (Å²) >= 11 is 0. The summed E-state index contributed by atoms with van der Waals surface area (Å²) < 4.78 is 16.4. The predicted molar refractivity (Wildman–Crippen MR) is 132 cm³/mol. The highest BCUT2D eigenvalue weighted by Crippen LogP contribution is 2.22. The average Bonchev–Trinajstić information content (AvgIpc) is 2.89. The van der Waals surface area contributed by atoms with E-state index in [-0.39, 0.29) is 18.3 Å². The Kier molecular flexibility index (Phi) is 10.4. The molecule has 0 amide bonds. The van der Waals surface area contributed by atoms with Crippen LogP contribution in [0, 0.1) is 10.1 Å². The SMILES string of the molecule is C=CCOc1nc(NCCOCCOCCN)nc(N2CCN(c3ccc([N+](=O)[O-])cc3)CC2)n1. The Labute approximate surface area is 204 Å². The Bertz CT molecular complexity index is 938. The molecule has 0 saturated carbocycles. The number of ether oxygens (including phenoxy) is 3. The first kappa shape index (κ1) is 26.1. The maximum absolute atomic E-state index is 10.9. The van der Waals surface area contributed by atoms with Gasteiger partial charge in [0.05, 0.1) is 31.4 Å². The number of piperazine rings is 1. The quantitative estimate of drug-likeness (QED) is 0.159. The number of nitro groups is 1. The van der Waals surface area contributed by atoms with Crippen molar-refractivity contribution in [2.24, 2.45) is 5.73 Å². The first-order valence-electron chi connectivity index (χ1n) is 11.4. The van der Waals surface area contributed by atoms with E-state index in [0.29, 0.717) is 64.5 Å².